The van der Waals surface area contributed by atoms with Gasteiger partial charge < -0.3 is 14.7 Å². The number of carbonyl (C=O) groups is 1. The van der Waals surface area contributed by atoms with Crippen LogP contribution in [0.2, 0.25) is 5.02 Å². The number of rotatable bonds is 3. The number of aromatic carboxylic acids is 1. The molecule has 1 heterocycles. The van der Waals surface area contributed by atoms with Crippen molar-refractivity contribution in [3.63, 3.8) is 0 Å². The second-order valence-electron chi connectivity index (χ2n) is 5.39. The number of fused-ring (bicyclic) bond motifs is 1. The van der Waals surface area contributed by atoms with Crippen LogP contribution in [0.25, 0.3) is 0 Å². The van der Waals surface area contributed by atoms with E-state index >= 15 is 0 Å². The second kappa shape index (κ2) is 4.93. The zero-order chi connectivity index (χ0) is 14.2. The number of anilines is 1. The molecule has 0 amide bonds. The van der Waals surface area contributed by atoms with Crippen LogP contribution in [-0.4, -0.2) is 29.8 Å². The summed E-state index contributed by atoms with van der Waals surface area (Å²) in [5.74, 6) is -0.602. The molecular formula is C14H18ClNO3. The minimum atomic E-state index is -1.02. The summed E-state index contributed by atoms with van der Waals surface area (Å²) in [4.78, 5) is 13.5. The third-order valence-electron chi connectivity index (χ3n) is 3.05. The highest BCUT2D eigenvalue weighted by molar-refractivity contribution is 6.31. The minimum Gasteiger partial charge on any atom is -0.483 e. The molecule has 1 aliphatic rings. The molecule has 1 aromatic carbocycles. The van der Waals surface area contributed by atoms with Gasteiger partial charge in [-0.1, -0.05) is 18.5 Å². The maximum absolute atomic E-state index is 11.3. The topological polar surface area (TPSA) is 49.8 Å². The lowest BCUT2D eigenvalue weighted by atomic mass is 10.0. The highest BCUT2D eigenvalue weighted by Crippen LogP contribution is 2.41. The molecule has 0 fully saturated rings. The molecule has 5 heteroatoms. The average Bonchev–Trinajstić information content (AvgIpc) is 2.28. The molecule has 0 radical (unpaired) electrons. The standard InChI is InChI=1S/C14H18ClNO3/c1-4-5-16-8-14(2,3)19-12-10(13(17)18)6-9(15)7-11(12)16/h6-7H,4-5,8H2,1-3H3,(H,17,18). The molecule has 104 valence electrons. The Labute approximate surface area is 117 Å². The average molecular weight is 284 g/mol. The number of nitrogens with zero attached hydrogens (tertiary/aromatic N) is 1. The summed E-state index contributed by atoms with van der Waals surface area (Å²) in [6, 6.07) is 3.21. The van der Waals surface area contributed by atoms with Crippen molar-refractivity contribution < 1.29 is 14.6 Å². The van der Waals surface area contributed by atoms with Gasteiger partial charge in [-0.3, -0.25) is 0 Å². The van der Waals surface area contributed by atoms with Crippen molar-refractivity contribution in [2.24, 2.45) is 0 Å². The van der Waals surface area contributed by atoms with E-state index in [-0.39, 0.29) is 5.56 Å². The number of ether oxygens (including phenoxy) is 1. The first-order valence-electron chi connectivity index (χ1n) is 6.35. The molecule has 0 atom stereocenters. The van der Waals surface area contributed by atoms with Gasteiger partial charge in [0.15, 0.2) is 5.75 Å². The van der Waals surface area contributed by atoms with E-state index < -0.39 is 11.6 Å². The van der Waals surface area contributed by atoms with Crippen molar-refractivity contribution >= 4 is 23.3 Å². The third kappa shape index (κ3) is 2.78. The number of carboxylic acids is 1. The molecule has 0 spiro atoms. The number of hydrogen-bond donors (Lipinski definition) is 1. The van der Waals surface area contributed by atoms with E-state index in [1.54, 1.807) is 6.07 Å². The Hall–Kier alpha value is -1.42. The van der Waals surface area contributed by atoms with Gasteiger partial charge >= 0.3 is 5.97 Å². The Morgan fingerprint density at radius 3 is 2.79 bits per heavy atom. The van der Waals surface area contributed by atoms with Crippen molar-refractivity contribution in [1.29, 1.82) is 0 Å². The Kier molecular flexibility index (Phi) is 3.63. The molecule has 1 aromatic rings. The first kappa shape index (κ1) is 14.0. The molecule has 0 unspecified atom stereocenters. The highest BCUT2D eigenvalue weighted by Gasteiger charge is 2.34. The lowest BCUT2D eigenvalue weighted by Crippen LogP contribution is -2.47. The van der Waals surface area contributed by atoms with E-state index in [1.807, 2.05) is 13.8 Å². The Bertz CT molecular complexity index is 514. The summed E-state index contributed by atoms with van der Waals surface area (Å²) in [6.07, 6.45) is 0.977. The van der Waals surface area contributed by atoms with E-state index in [0.29, 0.717) is 17.3 Å². The van der Waals surface area contributed by atoms with Crippen LogP contribution in [-0.2, 0) is 0 Å². The largest absolute Gasteiger partial charge is 0.483 e. The fourth-order valence-corrected chi connectivity index (χ4v) is 2.62. The summed E-state index contributed by atoms with van der Waals surface area (Å²) in [6.45, 7) is 7.56. The molecule has 0 saturated heterocycles. The molecule has 1 aliphatic heterocycles. The Balaban J connectivity index is 2.58. The number of hydrogen-bond acceptors (Lipinski definition) is 3. The molecular weight excluding hydrogens is 266 g/mol. The van der Waals surface area contributed by atoms with Gasteiger partial charge in [-0.2, -0.15) is 0 Å². The fourth-order valence-electron chi connectivity index (χ4n) is 2.40. The maximum Gasteiger partial charge on any atom is 0.339 e. The van der Waals surface area contributed by atoms with Gasteiger partial charge in [0.05, 0.1) is 12.2 Å². The Morgan fingerprint density at radius 2 is 2.21 bits per heavy atom. The van der Waals surface area contributed by atoms with E-state index in [2.05, 4.69) is 11.8 Å². The lowest BCUT2D eigenvalue weighted by Gasteiger charge is -2.41. The van der Waals surface area contributed by atoms with Gasteiger partial charge in [0.25, 0.3) is 0 Å². The summed E-state index contributed by atoms with van der Waals surface area (Å²) in [7, 11) is 0. The zero-order valence-electron chi connectivity index (χ0n) is 11.4. The third-order valence-corrected chi connectivity index (χ3v) is 3.27. The fraction of sp³-hybridized carbons (Fsp3) is 0.500. The van der Waals surface area contributed by atoms with Crippen LogP contribution in [0.5, 0.6) is 5.75 Å². The first-order chi connectivity index (χ1) is 8.84. The SMILES string of the molecule is CCCN1CC(C)(C)Oc2c(C(=O)O)cc(Cl)cc21. The first-order valence-corrected chi connectivity index (χ1v) is 6.72. The van der Waals surface area contributed by atoms with Crippen LogP contribution in [0.4, 0.5) is 5.69 Å². The molecule has 0 aliphatic carbocycles. The monoisotopic (exact) mass is 283 g/mol. The van der Waals surface area contributed by atoms with Crippen LogP contribution < -0.4 is 9.64 Å². The van der Waals surface area contributed by atoms with Crippen LogP contribution in [0, 0.1) is 0 Å². The molecule has 0 bridgehead atoms. The predicted octanol–water partition coefficient (Wildman–Crippen LogP) is 3.43. The molecule has 4 nitrogen and oxygen atoms in total. The normalized spacial score (nSPS) is 16.7. The van der Waals surface area contributed by atoms with Crippen LogP contribution in [0.3, 0.4) is 0 Å². The Morgan fingerprint density at radius 1 is 1.53 bits per heavy atom. The second-order valence-corrected chi connectivity index (χ2v) is 5.83. The smallest absolute Gasteiger partial charge is 0.339 e. The molecule has 0 saturated carbocycles. The molecule has 1 N–H and O–H groups in total. The van der Waals surface area contributed by atoms with Crippen LogP contribution in [0.1, 0.15) is 37.6 Å². The van der Waals surface area contributed by atoms with Crippen molar-refractivity contribution in [1.82, 2.24) is 0 Å². The van der Waals surface area contributed by atoms with Gasteiger partial charge in [-0.05, 0) is 32.4 Å². The van der Waals surface area contributed by atoms with E-state index in [4.69, 9.17) is 16.3 Å². The van der Waals surface area contributed by atoms with E-state index in [9.17, 15) is 9.90 Å². The van der Waals surface area contributed by atoms with Crippen LogP contribution >= 0.6 is 11.6 Å². The summed E-state index contributed by atoms with van der Waals surface area (Å²) >= 11 is 6.02. The lowest BCUT2D eigenvalue weighted by molar-refractivity contribution is 0.0670. The molecule has 0 aromatic heterocycles. The summed E-state index contributed by atoms with van der Waals surface area (Å²) in [5.41, 5.74) is 0.475. The maximum atomic E-state index is 11.3. The zero-order valence-corrected chi connectivity index (χ0v) is 12.1. The molecule has 19 heavy (non-hydrogen) atoms. The van der Waals surface area contributed by atoms with Crippen molar-refractivity contribution in [3.05, 3.63) is 22.7 Å². The van der Waals surface area contributed by atoms with Gasteiger partial charge in [0, 0.05) is 11.6 Å². The summed E-state index contributed by atoms with van der Waals surface area (Å²) < 4.78 is 5.86. The highest BCUT2D eigenvalue weighted by atomic mass is 35.5. The van der Waals surface area contributed by atoms with Gasteiger partial charge in [0.2, 0.25) is 0 Å². The minimum absolute atomic E-state index is 0.122. The number of halogens is 1. The van der Waals surface area contributed by atoms with E-state index in [0.717, 1.165) is 18.7 Å². The number of benzene rings is 1. The summed E-state index contributed by atoms with van der Waals surface area (Å²) in [5, 5.41) is 9.71. The van der Waals surface area contributed by atoms with Gasteiger partial charge in [0.1, 0.15) is 11.2 Å². The quantitative estimate of drug-likeness (QED) is 0.923. The number of carboxylic acid groups (broad SMARTS) is 1. The predicted molar refractivity (Wildman–Crippen MR) is 75.6 cm³/mol. The van der Waals surface area contributed by atoms with Crippen molar-refractivity contribution in [2.45, 2.75) is 32.8 Å². The van der Waals surface area contributed by atoms with Crippen LogP contribution in [0.15, 0.2) is 12.1 Å². The van der Waals surface area contributed by atoms with Crippen molar-refractivity contribution in [2.75, 3.05) is 18.0 Å². The van der Waals surface area contributed by atoms with Gasteiger partial charge in [-0.15, -0.1) is 0 Å². The van der Waals surface area contributed by atoms with Gasteiger partial charge in [-0.25, -0.2) is 4.79 Å². The van der Waals surface area contributed by atoms with E-state index in [1.165, 1.54) is 6.07 Å². The molecule has 2 rings (SSSR count). The van der Waals surface area contributed by atoms with Crippen molar-refractivity contribution in [3.8, 4) is 5.75 Å².